The average Bonchev–Trinajstić information content (AvgIpc) is 2.57. The van der Waals surface area contributed by atoms with Crippen LogP contribution in [0.15, 0.2) is 18.2 Å². The molecule has 1 fully saturated rings. The lowest BCUT2D eigenvalue weighted by Crippen LogP contribution is -2.11. The molecule has 3 heteroatoms. The van der Waals surface area contributed by atoms with Crippen LogP contribution >= 0.6 is 11.6 Å². The highest BCUT2D eigenvalue weighted by Gasteiger charge is 2.26. The zero-order chi connectivity index (χ0) is 10.8. The van der Waals surface area contributed by atoms with Crippen molar-refractivity contribution in [2.45, 2.75) is 31.1 Å². The van der Waals surface area contributed by atoms with E-state index in [4.69, 9.17) is 11.6 Å². The SMILES string of the molecule is Fc1ccc(CC2CCCC2Cl)c(F)c1. The van der Waals surface area contributed by atoms with Crippen molar-refractivity contribution >= 4 is 11.6 Å². The first-order chi connectivity index (χ1) is 7.16. The second-order valence-electron chi connectivity index (χ2n) is 4.15. The van der Waals surface area contributed by atoms with Crippen LogP contribution in [0.5, 0.6) is 0 Å². The molecule has 0 aliphatic heterocycles. The lowest BCUT2D eigenvalue weighted by molar-refractivity contribution is 0.518. The van der Waals surface area contributed by atoms with E-state index in [1.165, 1.54) is 12.1 Å². The molecular weight excluding hydrogens is 218 g/mol. The molecule has 0 saturated heterocycles. The summed E-state index contributed by atoms with van der Waals surface area (Å²) in [4.78, 5) is 0. The van der Waals surface area contributed by atoms with Crippen molar-refractivity contribution < 1.29 is 8.78 Å². The lowest BCUT2D eigenvalue weighted by Gasteiger charge is -2.13. The first-order valence-electron chi connectivity index (χ1n) is 5.25. The van der Waals surface area contributed by atoms with Gasteiger partial charge >= 0.3 is 0 Å². The number of rotatable bonds is 2. The maximum Gasteiger partial charge on any atom is 0.129 e. The molecule has 2 atom stereocenters. The zero-order valence-electron chi connectivity index (χ0n) is 8.35. The van der Waals surface area contributed by atoms with Gasteiger partial charge in [0.1, 0.15) is 11.6 Å². The number of alkyl halides is 1. The third-order valence-electron chi connectivity index (χ3n) is 3.06. The first kappa shape index (κ1) is 10.9. The van der Waals surface area contributed by atoms with Gasteiger partial charge in [-0.3, -0.25) is 0 Å². The summed E-state index contributed by atoms with van der Waals surface area (Å²) in [5.74, 6) is -0.637. The van der Waals surface area contributed by atoms with E-state index < -0.39 is 11.6 Å². The van der Waals surface area contributed by atoms with Gasteiger partial charge in [0.25, 0.3) is 0 Å². The van der Waals surface area contributed by atoms with Crippen molar-refractivity contribution in [1.29, 1.82) is 0 Å². The van der Waals surface area contributed by atoms with Gasteiger partial charge in [0, 0.05) is 11.4 Å². The van der Waals surface area contributed by atoms with E-state index >= 15 is 0 Å². The number of halogens is 3. The molecule has 15 heavy (non-hydrogen) atoms. The monoisotopic (exact) mass is 230 g/mol. The predicted octanol–water partition coefficient (Wildman–Crippen LogP) is 3.91. The third kappa shape index (κ3) is 2.49. The van der Waals surface area contributed by atoms with Gasteiger partial charge in [0.15, 0.2) is 0 Å². The summed E-state index contributed by atoms with van der Waals surface area (Å²) in [7, 11) is 0. The molecule has 82 valence electrons. The van der Waals surface area contributed by atoms with Crippen molar-refractivity contribution in [2.24, 2.45) is 5.92 Å². The highest BCUT2D eigenvalue weighted by Crippen LogP contribution is 2.33. The summed E-state index contributed by atoms with van der Waals surface area (Å²) in [6.45, 7) is 0. The van der Waals surface area contributed by atoms with Gasteiger partial charge in [-0.2, -0.15) is 0 Å². The summed E-state index contributed by atoms with van der Waals surface area (Å²) >= 11 is 6.12. The Hall–Kier alpha value is -0.630. The van der Waals surface area contributed by atoms with Crippen LogP contribution in [-0.2, 0) is 6.42 Å². The van der Waals surface area contributed by atoms with Crippen molar-refractivity contribution in [3.05, 3.63) is 35.4 Å². The molecule has 2 unspecified atom stereocenters. The normalized spacial score (nSPS) is 25.8. The second-order valence-corrected chi connectivity index (χ2v) is 4.71. The Bertz CT molecular complexity index is 351. The third-order valence-corrected chi connectivity index (χ3v) is 3.64. The van der Waals surface area contributed by atoms with Gasteiger partial charge in [-0.05, 0) is 36.8 Å². The van der Waals surface area contributed by atoms with Gasteiger partial charge in [0.2, 0.25) is 0 Å². The standard InChI is InChI=1S/C12H13ClF2/c13-11-3-1-2-8(11)6-9-4-5-10(14)7-12(9)15/h4-5,7-8,11H,1-3,6H2. The Morgan fingerprint density at radius 1 is 1.27 bits per heavy atom. The van der Waals surface area contributed by atoms with E-state index in [0.717, 1.165) is 25.3 Å². The van der Waals surface area contributed by atoms with E-state index in [1.807, 2.05) is 0 Å². The van der Waals surface area contributed by atoms with Gasteiger partial charge in [-0.1, -0.05) is 12.5 Å². The minimum absolute atomic E-state index is 0.148. The fourth-order valence-corrected chi connectivity index (χ4v) is 2.56. The molecule has 0 nitrogen and oxygen atoms in total. The lowest BCUT2D eigenvalue weighted by atomic mass is 9.97. The predicted molar refractivity (Wildman–Crippen MR) is 57.0 cm³/mol. The van der Waals surface area contributed by atoms with Gasteiger partial charge in [-0.15, -0.1) is 11.6 Å². The summed E-state index contributed by atoms with van der Waals surface area (Å²) in [5.41, 5.74) is 0.578. The van der Waals surface area contributed by atoms with Crippen LogP contribution in [0, 0.1) is 17.6 Å². The van der Waals surface area contributed by atoms with Crippen molar-refractivity contribution in [3.63, 3.8) is 0 Å². The van der Waals surface area contributed by atoms with Crippen molar-refractivity contribution in [2.75, 3.05) is 0 Å². The highest BCUT2D eigenvalue weighted by molar-refractivity contribution is 6.20. The molecular formula is C12H13ClF2. The van der Waals surface area contributed by atoms with E-state index in [2.05, 4.69) is 0 Å². The van der Waals surface area contributed by atoms with Crippen LogP contribution in [0.4, 0.5) is 8.78 Å². The van der Waals surface area contributed by atoms with Gasteiger partial charge in [0.05, 0.1) is 0 Å². The summed E-state index contributed by atoms with van der Waals surface area (Å²) in [6, 6.07) is 3.76. The topological polar surface area (TPSA) is 0 Å². The van der Waals surface area contributed by atoms with Crippen LogP contribution in [-0.4, -0.2) is 5.38 Å². The molecule has 0 amide bonds. The molecule has 1 aliphatic carbocycles. The smallest absolute Gasteiger partial charge is 0.129 e. The minimum Gasteiger partial charge on any atom is -0.207 e. The van der Waals surface area contributed by atoms with E-state index in [9.17, 15) is 8.78 Å². The van der Waals surface area contributed by atoms with Crippen molar-refractivity contribution in [3.8, 4) is 0 Å². The summed E-state index contributed by atoms with van der Waals surface area (Å²) < 4.78 is 26.0. The molecule has 1 saturated carbocycles. The number of benzene rings is 1. The van der Waals surface area contributed by atoms with Crippen LogP contribution in [0.1, 0.15) is 24.8 Å². The molecule has 0 radical (unpaired) electrons. The van der Waals surface area contributed by atoms with E-state index in [0.29, 0.717) is 17.9 Å². The second kappa shape index (κ2) is 4.48. The van der Waals surface area contributed by atoms with Gasteiger partial charge in [-0.25, -0.2) is 8.78 Å². The molecule has 1 aliphatic rings. The maximum absolute atomic E-state index is 13.3. The summed E-state index contributed by atoms with van der Waals surface area (Å²) in [5, 5.41) is 0.148. The first-order valence-corrected chi connectivity index (χ1v) is 5.68. The zero-order valence-corrected chi connectivity index (χ0v) is 9.11. The van der Waals surface area contributed by atoms with E-state index in [1.54, 1.807) is 0 Å². The Morgan fingerprint density at radius 2 is 2.07 bits per heavy atom. The van der Waals surface area contributed by atoms with Crippen molar-refractivity contribution in [1.82, 2.24) is 0 Å². The molecule has 0 N–H and O–H groups in total. The molecule has 1 aromatic carbocycles. The molecule has 1 aromatic rings. The van der Waals surface area contributed by atoms with Crippen LogP contribution in [0.2, 0.25) is 0 Å². The molecule has 0 aromatic heterocycles. The fourth-order valence-electron chi connectivity index (χ4n) is 2.19. The quantitative estimate of drug-likeness (QED) is 0.676. The maximum atomic E-state index is 13.3. The number of hydrogen-bond acceptors (Lipinski definition) is 0. The highest BCUT2D eigenvalue weighted by atomic mass is 35.5. The average molecular weight is 231 g/mol. The number of hydrogen-bond donors (Lipinski definition) is 0. The molecule has 2 rings (SSSR count). The molecule has 0 bridgehead atoms. The van der Waals surface area contributed by atoms with Crippen LogP contribution < -0.4 is 0 Å². The van der Waals surface area contributed by atoms with Crippen LogP contribution in [0.3, 0.4) is 0 Å². The van der Waals surface area contributed by atoms with E-state index in [-0.39, 0.29) is 5.38 Å². The minimum atomic E-state index is -0.523. The Balaban J connectivity index is 2.10. The van der Waals surface area contributed by atoms with Gasteiger partial charge < -0.3 is 0 Å². The molecule has 0 spiro atoms. The summed E-state index contributed by atoms with van der Waals surface area (Å²) in [6.07, 6.45) is 3.79. The van der Waals surface area contributed by atoms with Crippen LogP contribution in [0.25, 0.3) is 0 Å². The fraction of sp³-hybridized carbons (Fsp3) is 0.500. The molecule has 0 heterocycles. The largest absolute Gasteiger partial charge is 0.207 e. The Kier molecular flexibility index (Phi) is 3.25. The Morgan fingerprint density at radius 3 is 2.67 bits per heavy atom. The Labute approximate surface area is 93.2 Å².